The summed E-state index contributed by atoms with van der Waals surface area (Å²) in [7, 11) is 2.05. The smallest absolute Gasteiger partial charge is 0.0947 e. The predicted molar refractivity (Wildman–Crippen MR) is 64.2 cm³/mol. The molecule has 3 heteroatoms. The first-order valence-corrected chi connectivity index (χ1v) is 5.69. The first kappa shape index (κ1) is 9.87. The van der Waals surface area contributed by atoms with Crippen molar-refractivity contribution in [3.8, 4) is 0 Å². The number of hydrogen-bond donors (Lipinski definition) is 2. The van der Waals surface area contributed by atoms with Gasteiger partial charge in [0, 0.05) is 30.2 Å². The van der Waals surface area contributed by atoms with E-state index in [0.717, 1.165) is 18.4 Å². The maximum atomic E-state index is 10.2. The molecule has 0 spiro atoms. The van der Waals surface area contributed by atoms with Gasteiger partial charge in [0.1, 0.15) is 0 Å². The van der Waals surface area contributed by atoms with Crippen LogP contribution < -0.4 is 5.73 Å². The van der Waals surface area contributed by atoms with Gasteiger partial charge in [-0.3, -0.25) is 0 Å². The van der Waals surface area contributed by atoms with Gasteiger partial charge in [-0.1, -0.05) is 12.1 Å². The Bertz CT molecular complexity index is 544. The highest BCUT2D eigenvalue weighted by molar-refractivity contribution is 5.88. The van der Waals surface area contributed by atoms with Crippen LogP contribution in [0.3, 0.4) is 0 Å². The van der Waals surface area contributed by atoms with Crippen LogP contribution in [0.1, 0.15) is 23.7 Å². The molecule has 0 aliphatic heterocycles. The summed E-state index contributed by atoms with van der Waals surface area (Å²) < 4.78 is 2.12. The quantitative estimate of drug-likeness (QED) is 0.701. The zero-order valence-corrected chi connectivity index (χ0v) is 9.35. The molecule has 0 bridgehead atoms. The highest BCUT2D eigenvalue weighted by Gasteiger charge is 2.25. The van der Waals surface area contributed by atoms with Gasteiger partial charge in [-0.05, 0) is 30.0 Å². The van der Waals surface area contributed by atoms with Crippen LogP contribution in [0.5, 0.6) is 0 Å². The third-order valence-corrected chi connectivity index (χ3v) is 3.60. The molecular weight excluding hydrogens is 200 g/mol. The monoisotopic (exact) mass is 216 g/mol. The van der Waals surface area contributed by atoms with Crippen molar-refractivity contribution < 1.29 is 5.11 Å². The minimum atomic E-state index is -0.535. The molecule has 3 N–H and O–H groups in total. The molecule has 16 heavy (non-hydrogen) atoms. The summed E-state index contributed by atoms with van der Waals surface area (Å²) in [5.41, 5.74) is 9.44. The second kappa shape index (κ2) is 3.34. The first-order valence-electron chi connectivity index (χ1n) is 5.69. The number of aryl methyl sites for hydroxylation is 2. The summed E-state index contributed by atoms with van der Waals surface area (Å²) in [6, 6.07) is 5.92. The van der Waals surface area contributed by atoms with Crippen molar-refractivity contribution >= 4 is 10.9 Å². The van der Waals surface area contributed by atoms with Crippen molar-refractivity contribution in [1.82, 2.24) is 4.57 Å². The van der Waals surface area contributed by atoms with Crippen LogP contribution >= 0.6 is 0 Å². The lowest BCUT2D eigenvalue weighted by Gasteiger charge is -2.17. The van der Waals surface area contributed by atoms with E-state index >= 15 is 0 Å². The standard InChI is InChI=1S/C13H16N2O/c1-15-7-8-5-6-10(14)13(16)9-3-2-4-11(15)12(8)9/h2-4,7,10,13,16H,5-6,14H2,1H3/t10-,13-/m0/s1. The summed E-state index contributed by atoms with van der Waals surface area (Å²) in [6.45, 7) is 0. The zero-order chi connectivity index (χ0) is 11.3. The molecule has 0 fully saturated rings. The molecule has 1 aromatic heterocycles. The van der Waals surface area contributed by atoms with Crippen molar-refractivity contribution in [2.75, 3.05) is 0 Å². The summed E-state index contributed by atoms with van der Waals surface area (Å²) in [5, 5.41) is 11.4. The van der Waals surface area contributed by atoms with E-state index in [1.54, 1.807) is 0 Å². The van der Waals surface area contributed by atoms with E-state index < -0.39 is 6.10 Å². The molecule has 3 rings (SSSR count). The summed E-state index contributed by atoms with van der Waals surface area (Å²) in [6.07, 6.45) is 3.41. The molecule has 0 saturated carbocycles. The zero-order valence-electron chi connectivity index (χ0n) is 9.35. The molecular formula is C13H16N2O. The number of benzene rings is 1. The molecule has 1 aliphatic rings. The Morgan fingerprint density at radius 3 is 3.06 bits per heavy atom. The molecule has 0 saturated heterocycles. The predicted octanol–water partition coefficient (Wildman–Crippen LogP) is 1.49. The summed E-state index contributed by atoms with van der Waals surface area (Å²) in [5.74, 6) is 0. The second-order valence-electron chi connectivity index (χ2n) is 4.65. The third kappa shape index (κ3) is 1.22. The highest BCUT2D eigenvalue weighted by atomic mass is 16.3. The lowest BCUT2D eigenvalue weighted by molar-refractivity contribution is 0.145. The normalized spacial score (nSPS) is 24.7. The number of nitrogens with zero attached hydrogens (tertiary/aromatic N) is 1. The van der Waals surface area contributed by atoms with E-state index in [2.05, 4.69) is 16.8 Å². The fourth-order valence-electron chi connectivity index (χ4n) is 2.72. The van der Waals surface area contributed by atoms with Gasteiger partial charge >= 0.3 is 0 Å². The van der Waals surface area contributed by atoms with E-state index in [-0.39, 0.29) is 6.04 Å². The summed E-state index contributed by atoms with van der Waals surface area (Å²) >= 11 is 0. The number of nitrogens with two attached hydrogens (primary N) is 1. The average Bonchev–Trinajstić information content (AvgIpc) is 2.56. The van der Waals surface area contributed by atoms with E-state index in [0.29, 0.717) is 0 Å². The van der Waals surface area contributed by atoms with E-state index in [9.17, 15) is 5.11 Å². The molecule has 2 aromatic rings. The number of hydrogen-bond acceptors (Lipinski definition) is 2. The first-order chi connectivity index (χ1) is 7.68. The topological polar surface area (TPSA) is 51.2 Å². The molecule has 1 aromatic carbocycles. The second-order valence-corrected chi connectivity index (χ2v) is 4.65. The maximum absolute atomic E-state index is 10.2. The van der Waals surface area contributed by atoms with Crippen LogP contribution in [0, 0.1) is 0 Å². The van der Waals surface area contributed by atoms with E-state index in [4.69, 9.17) is 5.73 Å². The Morgan fingerprint density at radius 2 is 2.25 bits per heavy atom. The number of aromatic nitrogens is 1. The van der Waals surface area contributed by atoms with Gasteiger partial charge in [-0.15, -0.1) is 0 Å². The maximum Gasteiger partial charge on any atom is 0.0947 e. The Kier molecular flexibility index (Phi) is 2.06. The van der Waals surface area contributed by atoms with Gasteiger partial charge < -0.3 is 15.4 Å². The van der Waals surface area contributed by atoms with E-state index in [1.807, 2.05) is 19.2 Å². The van der Waals surface area contributed by atoms with Crippen LogP contribution in [0.2, 0.25) is 0 Å². The van der Waals surface area contributed by atoms with Crippen LogP contribution in [0.4, 0.5) is 0 Å². The Labute approximate surface area is 94.5 Å². The van der Waals surface area contributed by atoms with Crippen LogP contribution in [-0.4, -0.2) is 15.7 Å². The number of aliphatic hydroxyl groups excluding tert-OH is 1. The molecule has 84 valence electrons. The van der Waals surface area contributed by atoms with Crippen molar-refractivity contribution in [2.24, 2.45) is 12.8 Å². The van der Waals surface area contributed by atoms with E-state index in [1.165, 1.54) is 16.5 Å². The molecule has 0 unspecified atom stereocenters. The molecule has 3 nitrogen and oxygen atoms in total. The van der Waals surface area contributed by atoms with Crippen molar-refractivity contribution in [1.29, 1.82) is 0 Å². The van der Waals surface area contributed by atoms with Crippen LogP contribution in [-0.2, 0) is 13.5 Å². The van der Waals surface area contributed by atoms with Gasteiger partial charge in [0.25, 0.3) is 0 Å². The fourth-order valence-corrected chi connectivity index (χ4v) is 2.72. The Morgan fingerprint density at radius 1 is 1.44 bits per heavy atom. The molecule has 1 heterocycles. The Hall–Kier alpha value is -1.32. The largest absolute Gasteiger partial charge is 0.387 e. The van der Waals surface area contributed by atoms with Crippen molar-refractivity contribution in [3.05, 3.63) is 35.5 Å². The molecule has 2 atom stereocenters. The average molecular weight is 216 g/mol. The van der Waals surface area contributed by atoms with Crippen LogP contribution in [0.25, 0.3) is 10.9 Å². The minimum Gasteiger partial charge on any atom is -0.387 e. The lowest BCUT2D eigenvalue weighted by atomic mass is 10.0. The fraction of sp³-hybridized carbons (Fsp3) is 0.385. The summed E-state index contributed by atoms with van der Waals surface area (Å²) in [4.78, 5) is 0. The number of aliphatic hydroxyl groups is 1. The van der Waals surface area contributed by atoms with Crippen molar-refractivity contribution in [3.63, 3.8) is 0 Å². The van der Waals surface area contributed by atoms with Gasteiger partial charge in [0.2, 0.25) is 0 Å². The minimum absolute atomic E-state index is 0.150. The lowest BCUT2D eigenvalue weighted by Crippen LogP contribution is -2.27. The third-order valence-electron chi connectivity index (χ3n) is 3.60. The molecule has 0 radical (unpaired) electrons. The highest BCUT2D eigenvalue weighted by Crippen LogP contribution is 2.34. The van der Waals surface area contributed by atoms with Crippen molar-refractivity contribution in [2.45, 2.75) is 25.0 Å². The number of rotatable bonds is 0. The van der Waals surface area contributed by atoms with Crippen LogP contribution in [0.15, 0.2) is 24.4 Å². The van der Waals surface area contributed by atoms with Gasteiger partial charge in [-0.25, -0.2) is 0 Å². The molecule has 1 aliphatic carbocycles. The van der Waals surface area contributed by atoms with Gasteiger partial charge in [0.05, 0.1) is 6.10 Å². The Balaban J connectivity index is 2.37. The van der Waals surface area contributed by atoms with Gasteiger partial charge in [0.15, 0.2) is 0 Å². The van der Waals surface area contributed by atoms with Gasteiger partial charge in [-0.2, -0.15) is 0 Å². The molecule has 0 amide bonds. The SMILES string of the molecule is Cn1cc2c3c(cccc31)[C@H](O)[C@@H](N)CC2.